The predicted octanol–water partition coefficient (Wildman–Crippen LogP) is 2.82. The molecule has 21 heavy (non-hydrogen) atoms. The third-order valence-electron chi connectivity index (χ3n) is 3.53. The molecule has 1 aliphatic heterocycles. The third kappa shape index (κ3) is 2.41. The second-order valence-corrected chi connectivity index (χ2v) is 5.01. The van der Waals surface area contributed by atoms with Gasteiger partial charge in [0, 0.05) is 12.1 Å². The largest absolute Gasteiger partial charge is 0.299 e. The van der Waals surface area contributed by atoms with Crippen LogP contribution < -0.4 is 4.90 Å². The minimum absolute atomic E-state index is 0.0179. The van der Waals surface area contributed by atoms with Gasteiger partial charge in [-0.15, -0.1) is 0 Å². The van der Waals surface area contributed by atoms with E-state index in [2.05, 4.69) is 0 Å². The highest BCUT2D eigenvalue weighted by atomic mass is 19.3. The van der Waals surface area contributed by atoms with E-state index in [1.54, 1.807) is 0 Å². The zero-order chi connectivity index (χ0) is 15.8. The number of ketones is 1. The van der Waals surface area contributed by atoms with Crippen LogP contribution in [-0.4, -0.2) is 30.1 Å². The molecule has 114 valence electrons. The number of hydrogen-bond acceptors (Lipinski definition) is 2. The van der Waals surface area contributed by atoms with Gasteiger partial charge in [-0.3, -0.25) is 14.5 Å². The third-order valence-corrected chi connectivity index (χ3v) is 3.53. The highest BCUT2D eigenvalue weighted by Crippen LogP contribution is 2.45. The molecule has 1 amide bonds. The number of hydrogen-bond donors (Lipinski definition) is 0. The topological polar surface area (TPSA) is 37.4 Å². The van der Waals surface area contributed by atoms with Gasteiger partial charge in [-0.1, -0.05) is 18.2 Å². The van der Waals surface area contributed by atoms with Crippen molar-refractivity contribution in [2.24, 2.45) is 0 Å². The molecule has 0 bridgehead atoms. The molecular weight excluding hydrogens is 290 g/mol. The monoisotopic (exact) mass is 303 g/mol. The highest BCUT2D eigenvalue weighted by Gasteiger charge is 2.59. The van der Waals surface area contributed by atoms with Crippen molar-refractivity contribution in [1.82, 2.24) is 0 Å². The summed E-state index contributed by atoms with van der Waals surface area (Å²) in [6, 6.07) is 5.76. The number of carbonyl (C=O) groups excluding carboxylic acids is 2. The summed E-state index contributed by atoms with van der Waals surface area (Å²) in [6.45, 7) is 1.10. The fourth-order valence-electron chi connectivity index (χ4n) is 2.59. The number of anilines is 1. The average molecular weight is 303 g/mol. The van der Waals surface area contributed by atoms with Crippen LogP contribution in [0.25, 0.3) is 0 Å². The summed E-state index contributed by atoms with van der Waals surface area (Å²) in [4.78, 5) is 23.5. The lowest BCUT2D eigenvalue weighted by Crippen LogP contribution is -2.60. The average Bonchev–Trinajstić information content (AvgIpc) is 2.73. The summed E-state index contributed by atoms with van der Waals surface area (Å²) in [5.41, 5.74) is -2.64. The zero-order valence-electron chi connectivity index (χ0n) is 11.2. The first-order valence-electron chi connectivity index (χ1n) is 6.27. The number of Topliss-reactive ketones (excluding diaryl/α,β-unsaturated/α-hetero) is 1. The first kappa shape index (κ1) is 15.5. The molecule has 0 atom stereocenters. The van der Waals surface area contributed by atoms with Crippen molar-refractivity contribution in [3.8, 4) is 0 Å². The van der Waals surface area contributed by atoms with E-state index in [0.29, 0.717) is 4.90 Å². The molecule has 3 nitrogen and oxygen atoms in total. The van der Waals surface area contributed by atoms with Gasteiger partial charge in [0.25, 0.3) is 12.9 Å². The number of rotatable bonds is 4. The van der Waals surface area contributed by atoms with Crippen LogP contribution in [0.1, 0.15) is 18.9 Å². The van der Waals surface area contributed by atoms with Gasteiger partial charge in [0.1, 0.15) is 5.78 Å². The molecule has 1 aromatic rings. The van der Waals surface area contributed by atoms with Gasteiger partial charge < -0.3 is 0 Å². The Hall–Kier alpha value is -1.92. The van der Waals surface area contributed by atoms with Gasteiger partial charge in [-0.05, 0) is 18.6 Å². The smallest absolute Gasteiger partial charge is 0.267 e. The Bertz CT molecular complexity index is 566. The fourth-order valence-corrected chi connectivity index (χ4v) is 2.59. The molecule has 0 saturated heterocycles. The van der Waals surface area contributed by atoms with Gasteiger partial charge >= 0.3 is 0 Å². The Morgan fingerprint density at radius 1 is 1.19 bits per heavy atom. The Kier molecular flexibility index (Phi) is 4.02. The van der Waals surface area contributed by atoms with Crippen LogP contribution in [0.3, 0.4) is 0 Å². The van der Waals surface area contributed by atoms with E-state index in [1.807, 2.05) is 0 Å². The second kappa shape index (κ2) is 5.46. The molecule has 0 N–H and O–H groups in total. The Morgan fingerprint density at radius 2 is 1.76 bits per heavy atom. The molecule has 7 heteroatoms. The second-order valence-electron chi connectivity index (χ2n) is 5.01. The minimum atomic E-state index is -3.43. The number of para-hydroxylation sites is 1. The van der Waals surface area contributed by atoms with E-state index in [0.717, 1.165) is 6.92 Å². The molecule has 2 rings (SSSR count). The lowest BCUT2D eigenvalue weighted by molar-refractivity contribution is -0.130. The Labute approximate surface area is 118 Å². The lowest BCUT2D eigenvalue weighted by atomic mass is 9.94. The standard InChI is InChI=1S/C14H13F4NO2/c1-8(20)6-11(21)19-10-5-3-2-4-9(10)7-14(19,12(15)16)13(17)18/h2-5,12-13H,6-7H2,1H3. The molecule has 0 radical (unpaired) electrons. The SMILES string of the molecule is CC(=O)CC(=O)N1c2ccccc2CC1(C(F)F)C(F)F. The van der Waals surface area contributed by atoms with E-state index in [9.17, 15) is 27.2 Å². The van der Waals surface area contributed by atoms with Crippen molar-refractivity contribution in [1.29, 1.82) is 0 Å². The van der Waals surface area contributed by atoms with Gasteiger partial charge in [0.15, 0.2) is 5.54 Å². The summed E-state index contributed by atoms with van der Waals surface area (Å²) in [6.07, 6.45) is -8.18. The quantitative estimate of drug-likeness (QED) is 0.633. The molecule has 0 spiro atoms. The maximum Gasteiger partial charge on any atom is 0.267 e. The molecule has 1 aliphatic rings. The summed E-state index contributed by atoms with van der Waals surface area (Å²) in [5, 5.41) is 0. The number of benzene rings is 1. The number of nitrogens with zero attached hydrogens (tertiary/aromatic N) is 1. The molecule has 0 aliphatic carbocycles. The number of alkyl halides is 4. The molecule has 0 fully saturated rings. The number of carbonyl (C=O) groups is 2. The van der Waals surface area contributed by atoms with Gasteiger partial charge in [0.05, 0.1) is 6.42 Å². The number of amides is 1. The van der Waals surface area contributed by atoms with Gasteiger partial charge in [-0.25, -0.2) is 17.6 Å². The molecule has 0 saturated carbocycles. The summed E-state index contributed by atoms with van der Waals surface area (Å²) in [7, 11) is 0. The van der Waals surface area contributed by atoms with Crippen LogP contribution in [0.5, 0.6) is 0 Å². The van der Waals surface area contributed by atoms with Crippen LogP contribution in [0.15, 0.2) is 24.3 Å². The van der Waals surface area contributed by atoms with E-state index in [1.165, 1.54) is 24.3 Å². The van der Waals surface area contributed by atoms with Crippen LogP contribution >= 0.6 is 0 Å². The zero-order valence-corrected chi connectivity index (χ0v) is 11.2. The predicted molar refractivity (Wildman–Crippen MR) is 67.7 cm³/mol. The molecule has 0 unspecified atom stereocenters. The van der Waals surface area contributed by atoms with E-state index < -0.39 is 42.9 Å². The summed E-state index contributed by atoms with van der Waals surface area (Å²) in [5.74, 6) is -1.60. The van der Waals surface area contributed by atoms with Gasteiger partial charge in [0.2, 0.25) is 5.91 Å². The molecule has 0 aromatic heterocycles. The maximum atomic E-state index is 13.4. The molecule has 1 heterocycles. The maximum absolute atomic E-state index is 13.4. The number of fused-ring (bicyclic) bond motifs is 1. The van der Waals surface area contributed by atoms with Crippen molar-refractivity contribution in [2.75, 3.05) is 4.90 Å². The highest BCUT2D eigenvalue weighted by molar-refractivity contribution is 6.07. The van der Waals surface area contributed by atoms with Gasteiger partial charge in [-0.2, -0.15) is 0 Å². The van der Waals surface area contributed by atoms with Crippen molar-refractivity contribution in [3.63, 3.8) is 0 Å². The summed E-state index contributed by atoms with van der Waals surface area (Å²) >= 11 is 0. The van der Waals surface area contributed by atoms with Crippen LogP contribution in [-0.2, 0) is 16.0 Å². The lowest BCUT2D eigenvalue weighted by Gasteiger charge is -2.37. The number of halogens is 4. The molecule has 1 aromatic carbocycles. The van der Waals surface area contributed by atoms with E-state index in [-0.39, 0.29) is 11.3 Å². The van der Waals surface area contributed by atoms with E-state index in [4.69, 9.17) is 0 Å². The van der Waals surface area contributed by atoms with Crippen molar-refractivity contribution >= 4 is 17.4 Å². The minimum Gasteiger partial charge on any atom is -0.299 e. The first-order chi connectivity index (χ1) is 9.80. The van der Waals surface area contributed by atoms with Crippen molar-refractivity contribution in [3.05, 3.63) is 29.8 Å². The summed E-state index contributed by atoms with van der Waals surface area (Å²) < 4.78 is 53.6. The Morgan fingerprint density at radius 3 is 2.29 bits per heavy atom. The van der Waals surface area contributed by atoms with E-state index >= 15 is 0 Å². The van der Waals surface area contributed by atoms with Crippen molar-refractivity contribution < 1.29 is 27.2 Å². The fraction of sp³-hybridized carbons (Fsp3) is 0.429. The van der Waals surface area contributed by atoms with Crippen LogP contribution in [0, 0.1) is 0 Å². The van der Waals surface area contributed by atoms with Crippen LogP contribution in [0.2, 0.25) is 0 Å². The van der Waals surface area contributed by atoms with Crippen LogP contribution in [0.4, 0.5) is 23.2 Å². The normalized spacial score (nSPS) is 16.4. The molecular formula is C14H13F4NO2. The Balaban J connectivity index is 2.56. The van der Waals surface area contributed by atoms with Crippen molar-refractivity contribution in [2.45, 2.75) is 38.2 Å². The first-order valence-corrected chi connectivity index (χ1v) is 6.27.